The van der Waals surface area contributed by atoms with E-state index in [0.717, 1.165) is 24.2 Å². The number of nitrogens with zero attached hydrogens (tertiary/aromatic N) is 4. The molecule has 0 atom stereocenters. The van der Waals surface area contributed by atoms with Gasteiger partial charge >= 0.3 is 5.20 Å². The van der Waals surface area contributed by atoms with Gasteiger partial charge in [-0.3, -0.25) is 18.7 Å². The molecule has 33 heavy (non-hydrogen) atoms. The minimum atomic E-state index is -3.22. The van der Waals surface area contributed by atoms with Gasteiger partial charge in [0.05, 0.1) is 30.0 Å². The molecule has 10 heteroatoms. The Balaban J connectivity index is 0.000000196. The number of aromatic nitrogens is 4. The number of hydrogen-bond donors (Lipinski definition) is 0. The molecule has 0 N–H and O–H groups in total. The van der Waals surface area contributed by atoms with E-state index in [2.05, 4.69) is 56.1 Å². The van der Waals surface area contributed by atoms with E-state index < -0.39 is 5.20 Å². The highest BCUT2D eigenvalue weighted by molar-refractivity contribution is 8.24. The molecule has 0 fully saturated rings. The van der Waals surface area contributed by atoms with E-state index in [1.54, 1.807) is 10.9 Å². The van der Waals surface area contributed by atoms with Gasteiger partial charge in [-0.25, -0.2) is 0 Å². The van der Waals surface area contributed by atoms with Crippen LogP contribution >= 0.6 is 38.9 Å². The Bertz CT molecular complexity index is 1170. The van der Waals surface area contributed by atoms with Gasteiger partial charge in [-0.15, -0.1) is 0 Å². The largest absolute Gasteiger partial charge is 0.339 e. The fourth-order valence-corrected chi connectivity index (χ4v) is 2.82. The Hall–Kier alpha value is -2.37. The molecular formula is C23H24Cl3N4O2P. The lowest BCUT2D eigenvalue weighted by Crippen LogP contribution is -1.99. The summed E-state index contributed by atoms with van der Waals surface area (Å²) >= 11 is 13.8. The van der Waals surface area contributed by atoms with Crippen molar-refractivity contribution in [2.24, 2.45) is 0 Å². The normalized spacial score (nSPS) is 10.5. The summed E-state index contributed by atoms with van der Waals surface area (Å²) in [5.41, 5.74) is 4.96. The lowest BCUT2D eigenvalue weighted by atomic mass is 10.2. The summed E-state index contributed by atoms with van der Waals surface area (Å²) in [5, 5.41) is 5.36. The molecule has 0 aliphatic rings. The molecule has 0 bridgehead atoms. The third-order valence-electron chi connectivity index (χ3n) is 4.26. The Morgan fingerprint density at radius 2 is 1.30 bits per heavy atom. The molecule has 0 unspecified atom stereocenters. The zero-order valence-electron chi connectivity index (χ0n) is 18.2. The van der Waals surface area contributed by atoms with Crippen LogP contribution in [0.1, 0.15) is 32.9 Å². The summed E-state index contributed by atoms with van der Waals surface area (Å²) in [6.45, 7) is 5.40. The van der Waals surface area contributed by atoms with Crippen LogP contribution in [0.2, 0.25) is 0 Å². The molecule has 0 aliphatic heterocycles. The maximum absolute atomic E-state index is 10.6. The average Bonchev–Trinajstić information content (AvgIpc) is 3.33. The van der Waals surface area contributed by atoms with E-state index in [1.165, 1.54) is 11.1 Å². The fourth-order valence-electron chi connectivity index (χ4n) is 2.82. The maximum atomic E-state index is 10.6. The number of halogens is 3. The molecular weight excluding hydrogens is 502 g/mol. The van der Waals surface area contributed by atoms with Crippen LogP contribution < -0.4 is 0 Å². The summed E-state index contributed by atoms with van der Waals surface area (Å²) < 4.78 is 13.2. The second-order valence-corrected chi connectivity index (χ2v) is 13.6. The Labute approximate surface area is 207 Å². The lowest BCUT2D eigenvalue weighted by molar-refractivity contribution is 0.112. The first-order chi connectivity index (χ1) is 15.6. The molecule has 2 aromatic heterocycles. The first-order valence-electron chi connectivity index (χ1n) is 9.90. The number of benzene rings is 2. The smallest absolute Gasteiger partial charge is 0.298 e. The molecule has 0 radical (unpaired) electrons. The van der Waals surface area contributed by atoms with Crippen molar-refractivity contribution < 1.29 is 9.36 Å². The van der Waals surface area contributed by atoms with Crippen LogP contribution in [-0.4, -0.2) is 25.8 Å². The summed E-state index contributed by atoms with van der Waals surface area (Å²) in [5.74, 6) is 0. The fraction of sp³-hybridized carbons (Fsp3) is 0.174. The Morgan fingerprint density at radius 3 is 1.70 bits per heavy atom. The molecule has 0 spiro atoms. The average molecular weight is 526 g/mol. The van der Waals surface area contributed by atoms with Crippen LogP contribution in [0, 0.1) is 13.8 Å². The van der Waals surface area contributed by atoms with Gasteiger partial charge in [0.15, 0.2) is 6.29 Å². The number of hydrogen-bond acceptors (Lipinski definition) is 4. The van der Waals surface area contributed by atoms with Gasteiger partial charge in [-0.1, -0.05) is 60.7 Å². The van der Waals surface area contributed by atoms with Crippen LogP contribution in [0.25, 0.3) is 0 Å². The predicted octanol–water partition coefficient (Wildman–Crippen LogP) is 7.10. The van der Waals surface area contributed by atoms with E-state index in [4.69, 9.17) is 0 Å². The van der Waals surface area contributed by atoms with Crippen LogP contribution in [-0.2, 0) is 17.7 Å². The monoisotopic (exact) mass is 524 g/mol. The van der Waals surface area contributed by atoms with Crippen LogP contribution in [0.5, 0.6) is 0 Å². The van der Waals surface area contributed by atoms with E-state index in [-0.39, 0.29) is 0 Å². The van der Waals surface area contributed by atoms with Crippen molar-refractivity contribution in [2.45, 2.75) is 26.9 Å². The molecule has 0 saturated heterocycles. The highest BCUT2D eigenvalue weighted by Crippen LogP contribution is 2.61. The van der Waals surface area contributed by atoms with Gasteiger partial charge < -0.3 is 0 Å². The third-order valence-corrected chi connectivity index (χ3v) is 4.26. The molecule has 4 rings (SSSR count). The molecule has 0 aliphatic carbocycles. The molecule has 0 saturated carbocycles. The first kappa shape index (κ1) is 26.9. The van der Waals surface area contributed by atoms with Crippen molar-refractivity contribution in [1.82, 2.24) is 19.6 Å². The van der Waals surface area contributed by atoms with Gasteiger partial charge in [-0.2, -0.15) is 10.2 Å². The van der Waals surface area contributed by atoms with Crippen molar-refractivity contribution in [1.29, 1.82) is 0 Å². The molecule has 6 nitrogen and oxygen atoms in total. The maximum Gasteiger partial charge on any atom is 0.339 e. The van der Waals surface area contributed by atoms with Crippen LogP contribution in [0.3, 0.4) is 0 Å². The van der Waals surface area contributed by atoms with Crippen LogP contribution in [0.4, 0.5) is 0 Å². The summed E-state index contributed by atoms with van der Waals surface area (Å²) in [6, 6.07) is 22.4. The molecule has 4 aromatic rings. The van der Waals surface area contributed by atoms with Crippen molar-refractivity contribution in [3.05, 3.63) is 107 Å². The second-order valence-electron chi connectivity index (χ2n) is 7.01. The van der Waals surface area contributed by atoms with E-state index in [0.29, 0.717) is 12.1 Å². The van der Waals surface area contributed by atoms with Crippen molar-refractivity contribution in [3.8, 4) is 0 Å². The van der Waals surface area contributed by atoms with E-state index in [1.807, 2.05) is 79.3 Å². The lowest BCUT2D eigenvalue weighted by Gasteiger charge is -2.00. The molecule has 0 amide bonds. The van der Waals surface area contributed by atoms with Gasteiger partial charge in [0.1, 0.15) is 0 Å². The van der Waals surface area contributed by atoms with Gasteiger partial charge in [0, 0.05) is 12.4 Å². The van der Waals surface area contributed by atoms with Crippen LogP contribution in [0.15, 0.2) is 79.1 Å². The zero-order chi connectivity index (χ0) is 24.3. The van der Waals surface area contributed by atoms with Gasteiger partial charge in [0.25, 0.3) is 0 Å². The highest BCUT2D eigenvalue weighted by atomic mass is 36.0. The summed E-state index contributed by atoms with van der Waals surface area (Å²) in [7, 11) is 0. The third kappa shape index (κ3) is 11.4. The SMILES string of the molecule is Cc1ccn(Cc2ccccc2)n1.Cc1nn(Cc2ccccc2)cc1C=O.O=P(Cl)(Cl)Cl. The number of carbonyl (C=O) groups is 1. The Kier molecular flexibility index (Phi) is 10.9. The zero-order valence-corrected chi connectivity index (χ0v) is 21.3. The molecule has 2 heterocycles. The standard InChI is InChI=1S/C12H12N2O.C11H12N2.Cl3OP/c1-10-12(9-15)8-14(13-10)7-11-5-3-2-4-6-11;1-10-7-8-13(12-10)9-11-5-3-2-4-6-11;1-5(2,3)4/h2-6,8-9H,7H2,1H3;2-8H,9H2,1H3;. The Morgan fingerprint density at radius 1 is 0.818 bits per heavy atom. The van der Waals surface area contributed by atoms with Crippen molar-refractivity contribution in [2.75, 3.05) is 0 Å². The quantitative estimate of drug-likeness (QED) is 0.206. The highest BCUT2D eigenvalue weighted by Gasteiger charge is 2.03. The number of aldehydes is 1. The topological polar surface area (TPSA) is 69.8 Å². The van der Waals surface area contributed by atoms with Gasteiger partial charge in [-0.05, 0) is 64.8 Å². The van der Waals surface area contributed by atoms with Gasteiger partial charge in [0.2, 0.25) is 0 Å². The molecule has 2 aromatic carbocycles. The second kappa shape index (κ2) is 13.4. The summed E-state index contributed by atoms with van der Waals surface area (Å²) in [4.78, 5) is 10.6. The first-order valence-corrected chi connectivity index (χ1v) is 14.3. The number of rotatable bonds is 5. The number of carbonyl (C=O) groups excluding carboxylic acids is 1. The predicted molar refractivity (Wildman–Crippen MR) is 136 cm³/mol. The minimum Gasteiger partial charge on any atom is -0.298 e. The van der Waals surface area contributed by atoms with E-state index in [9.17, 15) is 9.36 Å². The number of aryl methyl sites for hydroxylation is 2. The van der Waals surface area contributed by atoms with Crippen molar-refractivity contribution in [3.63, 3.8) is 0 Å². The van der Waals surface area contributed by atoms with Crippen molar-refractivity contribution >= 4 is 45.2 Å². The summed E-state index contributed by atoms with van der Waals surface area (Å²) in [6.07, 6.45) is 4.61. The minimum absolute atomic E-state index is 0.658. The molecule has 174 valence electrons. The van der Waals surface area contributed by atoms with E-state index >= 15 is 0 Å².